The molecule has 0 amide bonds. The molecule has 1 aromatic carbocycles. The van der Waals surface area contributed by atoms with E-state index in [1.165, 1.54) is 5.56 Å². The summed E-state index contributed by atoms with van der Waals surface area (Å²) >= 11 is 7.01. The fraction of sp³-hybridized carbons (Fsp3) is 0.500. The fourth-order valence-electron chi connectivity index (χ4n) is 6.35. The third-order valence-corrected chi connectivity index (χ3v) is 9.06. The molecule has 30 heavy (non-hydrogen) atoms. The molecule has 4 heteroatoms. The Morgan fingerprint density at radius 1 is 1.30 bits per heavy atom. The molecule has 0 spiro atoms. The van der Waals surface area contributed by atoms with E-state index in [4.69, 9.17) is 11.6 Å². The van der Waals surface area contributed by atoms with Crippen LogP contribution in [0.25, 0.3) is 10.9 Å². The van der Waals surface area contributed by atoms with Crippen molar-refractivity contribution in [3.63, 3.8) is 0 Å². The molecule has 4 N–H and O–H groups in total. The summed E-state index contributed by atoms with van der Waals surface area (Å²) in [5.41, 5.74) is 2.15. The van der Waals surface area contributed by atoms with E-state index < -0.39 is 11.0 Å². The molecule has 3 nitrogen and oxygen atoms in total. The molecule has 1 aromatic heterocycles. The molecule has 5 atom stereocenters. The van der Waals surface area contributed by atoms with Gasteiger partial charge in [0, 0.05) is 38.9 Å². The number of nitrogens with two attached hydrogens (primary N) is 1. The number of aromatic amines is 1. The maximum absolute atomic E-state index is 12.8. The summed E-state index contributed by atoms with van der Waals surface area (Å²) in [6.07, 6.45) is 4.57. The van der Waals surface area contributed by atoms with Crippen LogP contribution >= 0.6 is 11.6 Å². The fourth-order valence-corrected chi connectivity index (χ4v) is 6.75. The summed E-state index contributed by atoms with van der Waals surface area (Å²) < 4.78 is 0. The van der Waals surface area contributed by atoms with Gasteiger partial charge in [-0.1, -0.05) is 52.0 Å². The Kier molecular flexibility index (Phi) is 4.68. The lowest BCUT2D eigenvalue weighted by atomic mass is 9.48. The van der Waals surface area contributed by atoms with Gasteiger partial charge in [-0.3, -0.25) is 0 Å². The first-order valence-corrected chi connectivity index (χ1v) is 11.3. The number of hydrogen-bond acceptors (Lipinski definition) is 1. The number of halogens is 1. The highest BCUT2D eigenvalue weighted by Gasteiger charge is 2.67. The third-order valence-electron chi connectivity index (χ3n) is 8.41. The van der Waals surface area contributed by atoms with Gasteiger partial charge in [-0.2, -0.15) is 7.05 Å². The number of fused-ring (bicyclic) bond motifs is 2. The van der Waals surface area contributed by atoms with Gasteiger partial charge in [0.15, 0.2) is 0 Å². The van der Waals surface area contributed by atoms with Crippen LogP contribution in [-0.2, 0) is 16.4 Å². The Morgan fingerprint density at radius 3 is 2.53 bits per heavy atom. The molecule has 1 fully saturated rings. The zero-order chi connectivity index (χ0) is 22.3. The number of rotatable bonds is 4. The van der Waals surface area contributed by atoms with Crippen molar-refractivity contribution >= 4 is 22.5 Å². The molecule has 0 aliphatic heterocycles. The topological polar surface area (TPSA) is 52.6 Å². The van der Waals surface area contributed by atoms with E-state index >= 15 is 0 Å². The number of H-pyrrole nitrogens is 1. The molecule has 2 aromatic rings. The highest BCUT2D eigenvalue weighted by Crippen LogP contribution is 2.62. The van der Waals surface area contributed by atoms with Crippen molar-refractivity contribution < 1.29 is 10.4 Å². The van der Waals surface area contributed by atoms with Crippen LogP contribution in [0.1, 0.15) is 57.9 Å². The van der Waals surface area contributed by atoms with Crippen LogP contribution in [-0.4, -0.2) is 21.5 Å². The van der Waals surface area contributed by atoms with Crippen molar-refractivity contribution in [2.24, 2.45) is 11.3 Å². The van der Waals surface area contributed by atoms with E-state index in [9.17, 15) is 5.11 Å². The molecule has 162 valence electrons. The van der Waals surface area contributed by atoms with Gasteiger partial charge in [0.05, 0.1) is 5.41 Å². The standard InChI is InChI=1S/C26H35ClN2O/c1-9-23(3,4)21-20-19-15(12-11-13-16(19)29-21)24(5,6)17-14-18(27)25(7,10-2)22(28-8)26(17,20)30/h9-13,17-18,22,29-30H,1-2,8,14,28H2,3-7H3. The lowest BCUT2D eigenvalue weighted by molar-refractivity contribution is -0.672. The number of aromatic nitrogens is 1. The second-order valence-corrected chi connectivity index (χ2v) is 11.1. The van der Waals surface area contributed by atoms with Gasteiger partial charge in [-0.25, -0.2) is 0 Å². The van der Waals surface area contributed by atoms with Crippen molar-refractivity contribution in [3.8, 4) is 0 Å². The van der Waals surface area contributed by atoms with Crippen LogP contribution < -0.4 is 5.32 Å². The van der Waals surface area contributed by atoms with Gasteiger partial charge in [0.25, 0.3) is 0 Å². The van der Waals surface area contributed by atoms with Crippen LogP contribution in [0.15, 0.2) is 43.5 Å². The van der Waals surface area contributed by atoms with Crippen molar-refractivity contribution in [1.29, 1.82) is 0 Å². The van der Waals surface area contributed by atoms with Gasteiger partial charge in [0.2, 0.25) is 0 Å². The van der Waals surface area contributed by atoms with Crippen LogP contribution in [0.5, 0.6) is 0 Å². The molecule has 1 heterocycles. The van der Waals surface area contributed by atoms with Gasteiger partial charge >= 0.3 is 0 Å². The Balaban J connectivity index is 2.19. The lowest BCUT2D eigenvalue weighted by Gasteiger charge is -2.60. The first-order chi connectivity index (χ1) is 13.9. The van der Waals surface area contributed by atoms with Gasteiger partial charge in [0.1, 0.15) is 11.6 Å². The first kappa shape index (κ1) is 21.7. The molecular weight excluding hydrogens is 392 g/mol. The average Bonchev–Trinajstić information content (AvgIpc) is 3.11. The number of hydrogen-bond donors (Lipinski definition) is 3. The number of benzene rings is 1. The smallest absolute Gasteiger partial charge is 0.146 e. The van der Waals surface area contributed by atoms with E-state index in [1.54, 1.807) is 0 Å². The molecule has 5 unspecified atom stereocenters. The summed E-state index contributed by atoms with van der Waals surface area (Å²) in [6.45, 7) is 19.1. The van der Waals surface area contributed by atoms with Crippen LogP contribution in [0.3, 0.4) is 0 Å². The number of nitrogens with one attached hydrogen (secondary N) is 1. The molecule has 4 rings (SSSR count). The second kappa shape index (κ2) is 6.48. The third kappa shape index (κ3) is 2.40. The van der Waals surface area contributed by atoms with Crippen LogP contribution in [0, 0.1) is 18.4 Å². The molecule has 2 aliphatic carbocycles. The highest BCUT2D eigenvalue weighted by atomic mass is 35.5. The van der Waals surface area contributed by atoms with Crippen LogP contribution in [0.2, 0.25) is 0 Å². The molecule has 2 aliphatic rings. The van der Waals surface area contributed by atoms with Crippen molar-refractivity contribution in [2.45, 2.75) is 68.9 Å². The van der Waals surface area contributed by atoms with E-state index in [-0.39, 0.29) is 28.2 Å². The molecule has 0 bridgehead atoms. The Hall–Kier alpha value is -1.55. The number of allylic oxidation sites excluding steroid dienone is 1. The number of quaternary nitrogens is 1. The summed E-state index contributed by atoms with van der Waals surface area (Å²) in [4.78, 5) is 3.66. The average molecular weight is 427 g/mol. The lowest BCUT2D eigenvalue weighted by Crippen LogP contribution is -2.95. The van der Waals surface area contributed by atoms with E-state index in [1.807, 2.05) is 17.5 Å². The minimum absolute atomic E-state index is 0.0585. The molecule has 0 radical (unpaired) electrons. The second-order valence-electron chi connectivity index (χ2n) is 10.6. The maximum Gasteiger partial charge on any atom is 0.146 e. The molecule has 1 saturated carbocycles. The predicted molar refractivity (Wildman–Crippen MR) is 126 cm³/mol. The maximum atomic E-state index is 12.8. The zero-order valence-corrected chi connectivity index (χ0v) is 19.6. The summed E-state index contributed by atoms with van der Waals surface area (Å²) in [6, 6.07) is 6.15. The Labute approximate surface area is 185 Å². The monoisotopic (exact) mass is 426 g/mol. The predicted octanol–water partition coefficient (Wildman–Crippen LogP) is 4.65. The first-order valence-electron chi connectivity index (χ1n) is 10.8. The summed E-state index contributed by atoms with van der Waals surface area (Å²) in [5.74, 6) is -0.0585. The Morgan fingerprint density at radius 2 is 1.97 bits per heavy atom. The largest absolute Gasteiger partial charge is 0.473 e. The van der Waals surface area contributed by atoms with Crippen LogP contribution in [0.4, 0.5) is 0 Å². The van der Waals surface area contributed by atoms with E-state index in [0.29, 0.717) is 6.42 Å². The van der Waals surface area contributed by atoms with Crippen molar-refractivity contribution in [1.82, 2.24) is 4.98 Å². The number of alkyl halides is 1. The van der Waals surface area contributed by atoms with E-state index in [0.717, 1.165) is 22.2 Å². The highest BCUT2D eigenvalue weighted by molar-refractivity contribution is 6.21. The number of aliphatic hydroxyl groups is 1. The molecular formula is C26H35ClN2O. The minimum Gasteiger partial charge on any atom is -0.473 e. The van der Waals surface area contributed by atoms with Gasteiger partial charge < -0.3 is 15.4 Å². The van der Waals surface area contributed by atoms with Gasteiger partial charge in [-0.15, -0.1) is 24.8 Å². The van der Waals surface area contributed by atoms with E-state index in [2.05, 4.69) is 78.0 Å². The summed E-state index contributed by atoms with van der Waals surface area (Å²) in [7, 11) is 4.17. The minimum atomic E-state index is -1.12. The van der Waals surface area contributed by atoms with Crippen molar-refractivity contribution in [3.05, 3.63) is 67.4 Å². The normalized spacial score (nSPS) is 35.1. The Bertz CT molecular complexity index is 1040. The van der Waals surface area contributed by atoms with Crippen molar-refractivity contribution in [2.75, 3.05) is 0 Å². The quantitative estimate of drug-likeness (QED) is 0.372. The summed E-state index contributed by atoms with van der Waals surface area (Å²) in [5, 5.41) is 15.7. The molecule has 0 saturated heterocycles. The zero-order valence-electron chi connectivity index (χ0n) is 18.8. The SMILES string of the molecule is C=CC(C)(C)c1[nH]c2cccc3c2c1C1(O)C(CC(Cl)C(C)(C=C)C1[NH2+][CH2-])C3(C)C. The van der Waals surface area contributed by atoms with Gasteiger partial charge in [-0.05, 0) is 30.4 Å².